The number of nitrogens with two attached hydrogens (primary N) is 1. The molecule has 0 spiro atoms. The first kappa shape index (κ1) is 15.9. The minimum absolute atomic E-state index is 0.0386. The van der Waals surface area contributed by atoms with Gasteiger partial charge in [-0.15, -0.1) is 11.6 Å². The summed E-state index contributed by atoms with van der Waals surface area (Å²) in [6.07, 6.45) is -4.44. The van der Waals surface area contributed by atoms with Crippen molar-refractivity contribution in [2.24, 2.45) is 10.7 Å². The highest BCUT2D eigenvalue weighted by atomic mass is 35.5. The largest absolute Gasteiger partial charge is 0.416 e. The molecule has 21 heavy (non-hydrogen) atoms. The summed E-state index contributed by atoms with van der Waals surface area (Å²) in [7, 11) is 0. The fourth-order valence-corrected chi connectivity index (χ4v) is 2.08. The third-order valence-corrected chi connectivity index (χ3v) is 3.29. The van der Waals surface area contributed by atoms with E-state index in [2.05, 4.69) is 4.99 Å². The highest BCUT2D eigenvalue weighted by Crippen LogP contribution is 2.35. The van der Waals surface area contributed by atoms with Crippen LogP contribution >= 0.6 is 11.6 Å². The summed E-state index contributed by atoms with van der Waals surface area (Å²) in [5.74, 6) is 0.0345. The fourth-order valence-electron chi connectivity index (χ4n) is 2.02. The molecule has 1 aliphatic heterocycles. The molecule has 0 bridgehead atoms. The van der Waals surface area contributed by atoms with E-state index in [4.69, 9.17) is 22.1 Å². The molecule has 1 fully saturated rings. The Morgan fingerprint density at radius 3 is 2.52 bits per heavy atom. The predicted octanol–water partition coefficient (Wildman–Crippen LogP) is 2.77. The van der Waals surface area contributed by atoms with Crippen LogP contribution < -0.4 is 10.6 Å². The quantitative estimate of drug-likeness (QED) is 0.529. The highest BCUT2D eigenvalue weighted by Gasteiger charge is 2.32. The summed E-state index contributed by atoms with van der Waals surface area (Å²) in [4.78, 5) is 5.74. The van der Waals surface area contributed by atoms with E-state index in [1.165, 1.54) is 0 Å². The predicted molar refractivity (Wildman–Crippen MR) is 76.5 cm³/mol. The second kappa shape index (κ2) is 6.53. The van der Waals surface area contributed by atoms with Crippen LogP contribution in [-0.2, 0) is 10.9 Å². The van der Waals surface area contributed by atoms with E-state index >= 15 is 0 Å². The third kappa shape index (κ3) is 4.25. The van der Waals surface area contributed by atoms with Gasteiger partial charge in [-0.25, -0.2) is 4.99 Å². The van der Waals surface area contributed by atoms with Gasteiger partial charge >= 0.3 is 6.18 Å². The molecule has 4 nitrogen and oxygen atoms in total. The Morgan fingerprint density at radius 1 is 1.29 bits per heavy atom. The number of nitrogens with zero attached hydrogens (tertiary/aromatic N) is 2. The molecule has 1 heterocycles. The number of aliphatic imine (C=N–C) groups is 1. The van der Waals surface area contributed by atoms with Crippen LogP contribution in [0.4, 0.5) is 24.5 Å². The lowest BCUT2D eigenvalue weighted by molar-refractivity contribution is -0.137. The number of halogens is 4. The summed E-state index contributed by atoms with van der Waals surface area (Å²) in [6.45, 7) is 2.04. The molecular formula is C13H15ClF3N3O. The SMILES string of the molecule is NC(CCl)=Nc1cc(N2CCOCC2)cc(C(F)(F)F)c1. The van der Waals surface area contributed by atoms with Crippen LogP contribution in [0, 0.1) is 0 Å². The maximum atomic E-state index is 13.0. The molecular weight excluding hydrogens is 307 g/mol. The molecule has 0 unspecified atom stereocenters. The molecule has 0 atom stereocenters. The Balaban J connectivity index is 2.41. The molecule has 1 aliphatic rings. The molecule has 1 aromatic carbocycles. The van der Waals surface area contributed by atoms with Crippen molar-refractivity contribution in [1.29, 1.82) is 0 Å². The van der Waals surface area contributed by atoms with Gasteiger partial charge < -0.3 is 15.4 Å². The molecule has 1 aromatic rings. The zero-order valence-corrected chi connectivity index (χ0v) is 11.9. The van der Waals surface area contributed by atoms with Crippen LogP contribution in [0.1, 0.15) is 5.56 Å². The van der Waals surface area contributed by atoms with Gasteiger partial charge in [-0.3, -0.25) is 0 Å². The van der Waals surface area contributed by atoms with Crippen molar-refractivity contribution >= 4 is 28.8 Å². The summed E-state index contributed by atoms with van der Waals surface area (Å²) in [6, 6.07) is 3.64. The van der Waals surface area contributed by atoms with Gasteiger partial charge in [-0.1, -0.05) is 0 Å². The summed E-state index contributed by atoms with van der Waals surface area (Å²) >= 11 is 5.52. The number of benzene rings is 1. The van der Waals surface area contributed by atoms with Crippen molar-refractivity contribution in [3.8, 4) is 0 Å². The van der Waals surface area contributed by atoms with Gasteiger partial charge in [0.25, 0.3) is 0 Å². The van der Waals surface area contributed by atoms with E-state index in [0.717, 1.165) is 12.1 Å². The number of rotatable bonds is 3. The molecule has 2 N–H and O–H groups in total. The first-order valence-electron chi connectivity index (χ1n) is 6.34. The Bertz CT molecular complexity index is 528. The summed E-state index contributed by atoms with van der Waals surface area (Å²) < 4.78 is 44.2. The molecule has 0 aromatic heterocycles. The molecule has 0 saturated carbocycles. The summed E-state index contributed by atoms with van der Waals surface area (Å²) in [5.41, 5.74) is 5.34. The number of anilines is 1. The van der Waals surface area contributed by atoms with Crippen molar-refractivity contribution in [2.75, 3.05) is 37.1 Å². The van der Waals surface area contributed by atoms with Crippen LogP contribution in [0.25, 0.3) is 0 Å². The lowest BCUT2D eigenvalue weighted by Crippen LogP contribution is -2.36. The van der Waals surface area contributed by atoms with E-state index in [-0.39, 0.29) is 17.4 Å². The third-order valence-electron chi connectivity index (χ3n) is 3.02. The minimum Gasteiger partial charge on any atom is -0.386 e. The Morgan fingerprint density at radius 2 is 1.95 bits per heavy atom. The van der Waals surface area contributed by atoms with Gasteiger partial charge in [0.2, 0.25) is 0 Å². The van der Waals surface area contributed by atoms with E-state index in [9.17, 15) is 13.2 Å². The van der Waals surface area contributed by atoms with Gasteiger partial charge in [0.1, 0.15) is 5.84 Å². The molecule has 2 rings (SSSR count). The molecule has 116 valence electrons. The normalized spacial score (nSPS) is 17.1. The zero-order chi connectivity index (χ0) is 15.5. The second-order valence-electron chi connectivity index (χ2n) is 4.57. The van der Waals surface area contributed by atoms with E-state index in [0.29, 0.717) is 32.0 Å². The van der Waals surface area contributed by atoms with E-state index in [1.54, 1.807) is 6.07 Å². The smallest absolute Gasteiger partial charge is 0.386 e. The Labute approximate surface area is 125 Å². The maximum Gasteiger partial charge on any atom is 0.416 e. The lowest BCUT2D eigenvalue weighted by atomic mass is 10.1. The molecule has 0 radical (unpaired) electrons. The molecule has 8 heteroatoms. The standard InChI is InChI=1S/C13H15ClF3N3O/c14-8-12(18)19-10-5-9(13(15,16)17)6-11(7-10)20-1-3-21-4-2-20/h5-7H,1-4,8H2,(H2,18,19). The molecule has 0 amide bonds. The molecule has 0 aliphatic carbocycles. The molecule has 1 saturated heterocycles. The first-order valence-corrected chi connectivity index (χ1v) is 6.87. The average molecular weight is 322 g/mol. The van der Waals surface area contributed by atoms with E-state index < -0.39 is 11.7 Å². The van der Waals surface area contributed by atoms with Crippen LogP contribution in [0.2, 0.25) is 0 Å². The number of alkyl halides is 4. The number of morpholine rings is 1. The van der Waals surface area contributed by atoms with Crippen molar-refractivity contribution in [3.63, 3.8) is 0 Å². The maximum absolute atomic E-state index is 13.0. The van der Waals surface area contributed by atoms with Crippen LogP contribution in [-0.4, -0.2) is 38.0 Å². The minimum atomic E-state index is -4.44. The van der Waals surface area contributed by atoms with Gasteiger partial charge in [0, 0.05) is 18.8 Å². The monoisotopic (exact) mass is 321 g/mol. The van der Waals surface area contributed by atoms with Gasteiger partial charge in [-0.05, 0) is 18.2 Å². The average Bonchev–Trinajstić information content (AvgIpc) is 2.47. The topological polar surface area (TPSA) is 50.8 Å². The van der Waals surface area contributed by atoms with E-state index in [1.807, 2.05) is 4.90 Å². The van der Waals surface area contributed by atoms with Crippen molar-refractivity contribution in [1.82, 2.24) is 0 Å². The number of hydrogen-bond acceptors (Lipinski definition) is 3. The Kier molecular flexibility index (Phi) is 4.95. The van der Waals surface area contributed by atoms with Crippen molar-refractivity contribution in [3.05, 3.63) is 23.8 Å². The highest BCUT2D eigenvalue weighted by molar-refractivity contribution is 6.28. The first-order chi connectivity index (χ1) is 9.90. The van der Waals surface area contributed by atoms with Crippen molar-refractivity contribution < 1.29 is 17.9 Å². The van der Waals surface area contributed by atoms with Crippen LogP contribution in [0.3, 0.4) is 0 Å². The summed E-state index contributed by atoms with van der Waals surface area (Å²) in [5, 5.41) is 0. The zero-order valence-electron chi connectivity index (χ0n) is 11.2. The number of amidine groups is 1. The number of ether oxygens (including phenoxy) is 1. The van der Waals surface area contributed by atoms with Gasteiger partial charge in [0.05, 0.1) is 30.3 Å². The second-order valence-corrected chi connectivity index (χ2v) is 4.84. The van der Waals surface area contributed by atoms with Crippen LogP contribution in [0.5, 0.6) is 0 Å². The van der Waals surface area contributed by atoms with Crippen molar-refractivity contribution in [2.45, 2.75) is 6.18 Å². The van der Waals surface area contributed by atoms with Gasteiger partial charge in [0.15, 0.2) is 0 Å². The Hall–Kier alpha value is -1.47. The van der Waals surface area contributed by atoms with Crippen LogP contribution in [0.15, 0.2) is 23.2 Å². The fraction of sp³-hybridized carbons (Fsp3) is 0.462. The number of hydrogen-bond donors (Lipinski definition) is 1. The van der Waals surface area contributed by atoms with Gasteiger partial charge in [-0.2, -0.15) is 13.2 Å². The lowest BCUT2D eigenvalue weighted by Gasteiger charge is -2.29.